The molecule has 0 atom stereocenters. The maximum Gasteiger partial charge on any atom is 0 e. The Bertz CT molecular complexity index is 3.25. The second-order valence-electron chi connectivity index (χ2n) is 0. The molecule has 0 fully saturated rings. The minimum Gasteiger partial charge on any atom is -0.147 e. The van der Waals surface area contributed by atoms with Gasteiger partial charge in [-0.2, -0.15) is 0 Å². The van der Waals surface area contributed by atoms with Gasteiger partial charge in [0.1, 0.15) is 0 Å². The van der Waals surface area contributed by atoms with E-state index < -0.39 is 0 Å². The van der Waals surface area contributed by atoms with Crippen molar-refractivity contribution in [2.24, 2.45) is 0 Å². The second-order valence-corrected chi connectivity index (χ2v) is 0. The van der Waals surface area contributed by atoms with Crippen LogP contribution >= 0.6 is 37.2 Å². The molecular weight excluding hydrogens is 157 g/mol. The van der Waals surface area contributed by atoms with Crippen molar-refractivity contribution in [3.05, 3.63) is 0 Å². The van der Waals surface area contributed by atoms with Gasteiger partial charge in [-0.25, -0.2) is 0 Å². The summed E-state index contributed by atoms with van der Waals surface area (Å²) in [6, 6.07) is 0. The van der Waals surface area contributed by atoms with Gasteiger partial charge >= 0.3 is 0 Å². The number of hydrogen-bond donors (Lipinski definition) is 0. The molecule has 0 saturated heterocycles. The molecule has 1 radical (unpaired) electrons. The van der Waals surface area contributed by atoms with Gasteiger partial charge in [0, 0.05) is 18.6 Å². The van der Waals surface area contributed by atoms with E-state index in [1.165, 1.54) is 0 Å². The van der Waals surface area contributed by atoms with Crippen LogP contribution < -0.4 is 0 Å². The Morgan fingerprint density at radius 1 is 0.500 bits per heavy atom. The van der Waals surface area contributed by atoms with Crippen molar-refractivity contribution in [3.8, 4) is 0 Å². The van der Waals surface area contributed by atoms with Crippen LogP contribution in [0.5, 0.6) is 0 Å². The third kappa shape index (κ3) is 9.84. The quantitative estimate of drug-likeness (QED) is 0.500. The van der Waals surface area contributed by atoms with E-state index in [-0.39, 0.29) is 55.8 Å². The second kappa shape index (κ2) is 25.1. The summed E-state index contributed by atoms with van der Waals surface area (Å²) in [5, 5.41) is 0. The first-order chi connectivity index (χ1) is 0. The Labute approximate surface area is 55.8 Å². The predicted octanol–water partition coefficient (Wildman–Crippen LogP) is 1.26. The molecule has 0 amide bonds. The zero-order valence-corrected chi connectivity index (χ0v) is 5.52. The van der Waals surface area contributed by atoms with Gasteiger partial charge in [0.25, 0.3) is 0 Å². The third-order valence-corrected chi connectivity index (χ3v) is 0. The molecule has 0 aromatic heterocycles. The van der Waals surface area contributed by atoms with Crippen LogP contribution in [-0.4, -0.2) is 0 Å². The molecule has 0 unspecified atom stereocenters. The first kappa shape index (κ1) is 51.2. The van der Waals surface area contributed by atoms with Gasteiger partial charge in [-0.05, 0) is 0 Å². The van der Waals surface area contributed by atoms with Gasteiger partial charge < -0.3 is 0 Å². The molecular formula is H3Cl3V. The van der Waals surface area contributed by atoms with Crippen molar-refractivity contribution in [1.29, 1.82) is 0 Å². The van der Waals surface area contributed by atoms with Crippen LogP contribution in [0.25, 0.3) is 0 Å². The molecule has 0 saturated carbocycles. The predicted molar refractivity (Wildman–Crippen MR) is 21.7 cm³/mol. The van der Waals surface area contributed by atoms with Crippen molar-refractivity contribution in [2.75, 3.05) is 0 Å². The zero-order valence-electron chi connectivity index (χ0n) is 1.67. The maximum atomic E-state index is 0. The van der Waals surface area contributed by atoms with Crippen molar-refractivity contribution in [1.82, 2.24) is 0 Å². The minimum absolute atomic E-state index is 0. The Morgan fingerprint density at radius 3 is 0.500 bits per heavy atom. The molecule has 29 valence electrons. The Kier molecular flexibility index (Phi) is 321. The zero-order chi connectivity index (χ0) is 0. The van der Waals surface area contributed by atoms with Crippen molar-refractivity contribution in [2.45, 2.75) is 0 Å². The van der Waals surface area contributed by atoms with Gasteiger partial charge in [-0.15, -0.1) is 37.2 Å². The molecule has 0 N–H and O–H groups in total. The first-order valence-corrected chi connectivity index (χ1v) is 0. The Balaban J connectivity index is 0. The summed E-state index contributed by atoms with van der Waals surface area (Å²) in [5.41, 5.74) is 0. The van der Waals surface area contributed by atoms with Crippen LogP contribution in [0.2, 0.25) is 0 Å². The van der Waals surface area contributed by atoms with Crippen molar-refractivity contribution < 1.29 is 18.6 Å². The largest absolute Gasteiger partial charge is 0.147 e. The fourth-order valence-corrected chi connectivity index (χ4v) is 0. The summed E-state index contributed by atoms with van der Waals surface area (Å²) in [6.45, 7) is 0. The standard InChI is InChI=1S/3ClH.V/h3*1H;. The summed E-state index contributed by atoms with van der Waals surface area (Å²) in [4.78, 5) is 0. The van der Waals surface area contributed by atoms with E-state index in [2.05, 4.69) is 0 Å². The molecule has 0 aromatic rings. The van der Waals surface area contributed by atoms with E-state index in [0.717, 1.165) is 0 Å². The van der Waals surface area contributed by atoms with Crippen LogP contribution in [0.15, 0.2) is 0 Å². The van der Waals surface area contributed by atoms with Gasteiger partial charge in [0.2, 0.25) is 0 Å². The van der Waals surface area contributed by atoms with E-state index in [1.54, 1.807) is 0 Å². The summed E-state index contributed by atoms with van der Waals surface area (Å²) >= 11 is 0. The summed E-state index contributed by atoms with van der Waals surface area (Å²) < 4.78 is 0. The van der Waals surface area contributed by atoms with Crippen LogP contribution in [0.3, 0.4) is 0 Å². The molecule has 0 spiro atoms. The fraction of sp³-hybridized carbons (Fsp3) is 0. The van der Waals surface area contributed by atoms with Crippen molar-refractivity contribution in [3.63, 3.8) is 0 Å². The number of rotatable bonds is 0. The molecule has 4 heteroatoms. The topological polar surface area (TPSA) is 0 Å². The van der Waals surface area contributed by atoms with Crippen LogP contribution in [0.4, 0.5) is 0 Å². The van der Waals surface area contributed by atoms with Gasteiger partial charge in [-0.3, -0.25) is 0 Å². The van der Waals surface area contributed by atoms with Crippen LogP contribution in [0, 0.1) is 0 Å². The van der Waals surface area contributed by atoms with Crippen molar-refractivity contribution >= 4 is 37.2 Å². The molecule has 4 heavy (non-hydrogen) atoms. The normalized spacial score (nSPS) is 0. The van der Waals surface area contributed by atoms with E-state index in [4.69, 9.17) is 0 Å². The molecule has 0 aromatic carbocycles. The maximum absolute atomic E-state index is 0. The van der Waals surface area contributed by atoms with Gasteiger partial charge in [0.15, 0.2) is 0 Å². The smallest absolute Gasteiger partial charge is 0 e. The molecule has 0 aliphatic heterocycles. The molecule has 0 nitrogen and oxygen atoms in total. The van der Waals surface area contributed by atoms with E-state index >= 15 is 0 Å². The molecule has 0 heterocycles. The Morgan fingerprint density at radius 2 is 0.500 bits per heavy atom. The summed E-state index contributed by atoms with van der Waals surface area (Å²) in [6.07, 6.45) is 0. The Hall–Kier alpha value is 1.45. The SMILES string of the molecule is Cl.Cl.Cl.[V]. The van der Waals surface area contributed by atoms with Crippen LogP contribution in [0.1, 0.15) is 0 Å². The minimum atomic E-state index is 0. The third-order valence-electron chi connectivity index (χ3n) is 0. The molecule has 0 aliphatic carbocycles. The monoisotopic (exact) mass is 159 g/mol. The summed E-state index contributed by atoms with van der Waals surface area (Å²) in [5.74, 6) is 0. The van der Waals surface area contributed by atoms with Crippen LogP contribution in [-0.2, 0) is 18.6 Å². The average Bonchev–Trinajstić information content (AvgIpc) is 0. The molecule has 0 bridgehead atoms. The first-order valence-electron chi connectivity index (χ1n) is 0. The molecule has 0 rings (SSSR count). The number of halogens is 3. The van der Waals surface area contributed by atoms with Gasteiger partial charge in [0.05, 0.1) is 0 Å². The van der Waals surface area contributed by atoms with Gasteiger partial charge in [-0.1, -0.05) is 0 Å². The van der Waals surface area contributed by atoms with E-state index in [1.807, 2.05) is 0 Å². The average molecular weight is 160 g/mol. The summed E-state index contributed by atoms with van der Waals surface area (Å²) in [7, 11) is 0. The molecule has 0 aliphatic rings. The van der Waals surface area contributed by atoms with E-state index in [9.17, 15) is 0 Å². The van der Waals surface area contributed by atoms with E-state index in [0.29, 0.717) is 0 Å². The number of hydrogen-bond acceptors (Lipinski definition) is 0. The fourth-order valence-electron chi connectivity index (χ4n) is 0.